The molecule has 2 aromatic rings. The van der Waals surface area contributed by atoms with E-state index < -0.39 is 0 Å². The van der Waals surface area contributed by atoms with Gasteiger partial charge in [0.2, 0.25) is 5.91 Å². The molecule has 0 radical (unpaired) electrons. The molecule has 2 aliphatic rings. The van der Waals surface area contributed by atoms with E-state index in [1.54, 1.807) is 11.3 Å². The predicted molar refractivity (Wildman–Crippen MR) is 113 cm³/mol. The molecule has 1 aromatic heterocycles. The van der Waals surface area contributed by atoms with E-state index in [4.69, 9.17) is 0 Å². The van der Waals surface area contributed by atoms with Crippen LogP contribution < -0.4 is 0 Å². The summed E-state index contributed by atoms with van der Waals surface area (Å²) in [5.41, 5.74) is 5.70. The van der Waals surface area contributed by atoms with Crippen LogP contribution in [0.15, 0.2) is 29.8 Å². The third kappa shape index (κ3) is 3.73. The number of thiazole rings is 1. The number of fused-ring (bicyclic) bond motifs is 1. The molecular weight excluding hydrogens is 368 g/mol. The van der Waals surface area contributed by atoms with Gasteiger partial charge in [-0.1, -0.05) is 24.3 Å². The lowest BCUT2D eigenvalue weighted by molar-refractivity contribution is -0.133. The number of nitrogens with zero attached hydrogens (tertiary/aromatic N) is 4. The van der Waals surface area contributed by atoms with Crippen LogP contribution in [0.25, 0.3) is 0 Å². The number of hydrogen-bond acceptors (Lipinski definition) is 5. The average Bonchev–Trinajstić information content (AvgIpc) is 3.30. The number of carbonyl (C=O) groups excluding carboxylic acids is 1. The summed E-state index contributed by atoms with van der Waals surface area (Å²) in [7, 11) is 3.94. The number of carbonyl (C=O) groups is 1. The Balaban J connectivity index is 1.58. The van der Waals surface area contributed by atoms with Crippen LogP contribution in [-0.2, 0) is 11.3 Å². The van der Waals surface area contributed by atoms with Crippen molar-refractivity contribution in [2.45, 2.75) is 26.4 Å². The van der Waals surface area contributed by atoms with Crippen molar-refractivity contribution in [1.29, 1.82) is 0 Å². The van der Waals surface area contributed by atoms with Gasteiger partial charge >= 0.3 is 0 Å². The molecule has 2 fully saturated rings. The van der Waals surface area contributed by atoms with Gasteiger partial charge in [0.25, 0.3) is 0 Å². The Hall–Kier alpha value is -1.76. The number of likely N-dealkylation sites (N-methyl/N-ethyl adjacent to an activating group) is 1. The predicted octanol–water partition coefficient (Wildman–Crippen LogP) is 2.95. The number of benzene rings is 1. The maximum Gasteiger partial charge on any atom is 0.237 e. The fraction of sp³-hybridized carbons (Fsp3) is 0.545. The van der Waals surface area contributed by atoms with E-state index in [0.29, 0.717) is 18.4 Å². The molecule has 2 aliphatic heterocycles. The minimum absolute atomic E-state index is 0.186. The first kappa shape index (κ1) is 19.6. The molecule has 0 bridgehead atoms. The Kier molecular flexibility index (Phi) is 5.54. The Morgan fingerprint density at radius 1 is 1.21 bits per heavy atom. The van der Waals surface area contributed by atoms with Crippen molar-refractivity contribution in [3.8, 4) is 0 Å². The van der Waals surface area contributed by atoms with Gasteiger partial charge in [-0.25, -0.2) is 4.98 Å². The number of aromatic nitrogens is 1. The molecule has 1 aromatic carbocycles. The van der Waals surface area contributed by atoms with E-state index in [1.165, 1.54) is 16.0 Å². The van der Waals surface area contributed by atoms with E-state index >= 15 is 0 Å². The normalized spacial score (nSPS) is 24.9. The fourth-order valence-electron chi connectivity index (χ4n) is 4.88. The summed E-state index contributed by atoms with van der Waals surface area (Å²) in [4.78, 5) is 25.5. The Labute approximate surface area is 172 Å². The molecule has 0 saturated carbocycles. The number of rotatable bonds is 5. The zero-order chi connectivity index (χ0) is 19.8. The highest BCUT2D eigenvalue weighted by Gasteiger charge is 2.49. The average molecular weight is 399 g/mol. The van der Waals surface area contributed by atoms with Crippen molar-refractivity contribution in [3.63, 3.8) is 0 Å². The molecule has 0 unspecified atom stereocenters. The second-order valence-corrected chi connectivity index (χ2v) is 9.50. The van der Waals surface area contributed by atoms with Crippen LogP contribution in [-0.4, -0.2) is 65.9 Å². The van der Waals surface area contributed by atoms with Gasteiger partial charge < -0.3 is 9.80 Å². The molecule has 2 saturated heterocycles. The van der Waals surface area contributed by atoms with Gasteiger partial charge in [0, 0.05) is 37.0 Å². The van der Waals surface area contributed by atoms with Crippen LogP contribution in [0.5, 0.6) is 0 Å². The summed E-state index contributed by atoms with van der Waals surface area (Å²) in [5.74, 6) is 1.29. The molecule has 0 spiro atoms. The molecule has 5 nitrogen and oxygen atoms in total. The summed E-state index contributed by atoms with van der Waals surface area (Å²) in [6.45, 7) is 8.71. The summed E-state index contributed by atoms with van der Waals surface area (Å²) < 4.78 is 0. The maximum atomic E-state index is 13.0. The molecule has 4 rings (SSSR count). The number of likely N-dealkylation sites (tertiary alicyclic amines) is 2. The number of aryl methyl sites for hydroxylation is 2. The summed E-state index contributed by atoms with van der Waals surface area (Å²) in [6, 6.07) is 8.77. The number of hydrogen-bond donors (Lipinski definition) is 0. The van der Waals surface area contributed by atoms with Gasteiger partial charge in [-0.2, -0.15) is 0 Å². The van der Waals surface area contributed by atoms with Crippen LogP contribution >= 0.6 is 11.3 Å². The number of amides is 1. The zero-order valence-corrected chi connectivity index (χ0v) is 18.1. The maximum absolute atomic E-state index is 13.0. The van der Waals surface area contributed by atoms with Crippen molar-refractivity contribution in [3.05, 3.63) is 51.5 Å². The van der Waals surface area contributed by atoms with Crippen LogP contribution in [0.2, 0.25) is 0 Å². The molecule has 0 aliphatic carbocycles. The van der Waals surface area contributed by atoms with Crippen LogP contribution in [0.4, 0.5) is 0 Å². The molecule has 1 amide bonds. The highest BCUT2D eigenvalue weighted by atomic mass is 32.1. The van der Waals surface area contributed by atoms with E-state index in [2.05, 4.69) is 52.9 Å². The minimum atomic E-state index is 0.186. The van der Waals surface area contributed by atoms with Gasteiger partial charge in [0.1, 0.15) is 0 Å². The largest absolute Gasteiger partial charge is 0.334 e. The third-order valence-corrected chi connectivity index (χ3v) is 7.15. The van der Waals surface area contributed by atoms with Gasteiger partial charge in [-0.15, -0.1) is 11.3 Å². The molecule has 6 heteroatoms. The lowest BCUT2D eigenvalue weighted by Crippen LogP contribution is -2.40. The van der Waals surface area contributed by atoms with Gasteiger partial charge in [0.15, 0.2) is 0 Å². The van der Waals surface area contributed by atoms with E-state index in [-0.39, 0.29) is 11.9 Å². The van der Waals surface area contributed by atoms with Gasteiger partial charge in [0.05, 0.1) is 23.8 Å². The molecule has 3 heterocycles. The zero-order valence-electron chi connectivity index (χ0n) is 17.3. The Morgan fingerprint density at radius 3 is 2.68 bits per heavy atom. The molecule has 0 N–H and O–H groups in total. The lowest BCUT2D eigenvalue weighted by atomic mass is 9.87. The van der Waals surface area contributed by atoms with E-state index in [0.717, 1.165) is 31.9 Å². The molecule has 28 heavy (non-hydrogen) atoms. The van der Waals surface area contributed by atoms with Crippen LogP contribution in [0.3, 0.4) is 0 Å². The van der Waals surface area contributed by atoms with Gasteiger partial charge in [-0.05, 0) is 45.0 Å². The second kappa shape index (κ2) is 7.93. The van der Waals surface area contributed by atoms with Crippen LogP contribution in [0.1, 0.15) is 27.7 Å². The summed E-state index contributed by atoms with van der Waals surface area (Å²) in [6.07, 6.45) is 0. The van der Waals surface area contributed by atoms with Crippen molar-refractivity contribution >= 4 is 17.2 Å². The van der Waals surface area contributed by atoms with E-state index in [1.807, 2.05) is 24.5 Å². The van der Waals surface area contributed by atoms with Gasteiger partial charge in [-0.3, -0.25) is 9.69 Å². The van der Waals surface area contributed by atoms with Crippen molar-refractivity contribution in [2.24, 2.45) is 11.8 Å². The van der Waals surface area contributed by atoms with Crippen molar-refractivity contribution in [2.75, 3.05) is 40.3 Å². The Bertz CT molecular complexity index is 849. The van der Waals surface area contributed by atoms with E-state index in [9.17, 15) is 4.79 Å². The standard InChI is InChI=1S/C22H30N4OS/c1-15-7-5-6-8-18(15)22-19-11-25(12-20-16(2)23-14-28-20)9-17(19)10-26(22)21(27)13-24(3)4/h5-8,14,17,19,22H,9-13H2,1-4H3/t17-,19-,22+/m1/s1. The molecular formula is C22H30N4OS. The lowest BCUT2D eigenvalue weighted by Gasteiger charge is -2.31. The highest BCUT2D eigenvalue weighted by molar-refractivity contribution is 7.09. The Morgan fingerprint density at radius 2 is 2.00 bits per heavy atom. The third-order valence-electron chi connectivity index (χ3n) is 6.23. The van der Waals surface area contributed by atoms with Crippen LogP contribution in [0, 0.1) is 25.7 Å². The fourth-order valence-corrected chi connectivity index (χ4v) is 5.70. The smallest absolute Gasteiger partial charge is 0.237 e. The monoisotopic (exact) mass is 398 g/mol. The van der Waals surface area contributed by atoms with Crippen molar-refractivity contribution < 1.29 is 4.79 Å². The minimum Gasteiger partial charge on any atom is -0.334 e. The first-order valence-electron chi connectivity index (χ1n) is 10.0. The first-order valence-corrected chi connectivity index (χ1v) is 10.9. The highest BCUT2D eigenvalue weighted by Crippen LogP contribution is 2.46. The summed E-state index contributed by atoms with van der Waals surface area (Å²) in [5, 5.41) is 0. The summed E-state index contributed by atoms with van der Waals surface area (Å²) >= 11 is 1.75. The topological polar surface area (TPSA) is 39.7 Å². The first-order chi connectivity index (χ1) is 13.4. The molecule has 3 atom stereocenters. The van der Waals surface area contributed by atoms with Crippen molar-refractivity contribution in [1.82, 2.24) is 19.7 Å². The second-order valence-electron chi connectivity index (χ2n) is 8.56. The quantitative estimate of drug-likeness (QED) is 0.776. The SMILES string of the molecule is Cc1ccccc1[C@H]1[C@@H]2CN(Cc3scnc3C)C[C@@H]2CN1C(=O)CN(C)C. The molecule has 150 valence electrons.